The van der Waals surface area contributed by atoms with Crippen LogP contribution in [0.1, 0.15) is 35.4 Å². The number of aromatic nitrogens is 3. The number of anilines is 1. The van der Waals surface area contributed by atoms with Crippen molar-refractivity contribution in [2.75, 3.05) is 31.1 Å². The zero-order valence-electron chi connectivity index (χ0n) is 14.8. The van der Waals surface area contributed by atoms with E-state index < -0.39 is 6.10 Å². The molecule has 8 heteroatoms. The molecule has 0 saturated carbocycles. The first-order chi connectivity index (χ1) is 12.6. The molecule has 1 N–H and O–H groups in total. The van der Waals surface area contributed by atoms with Crippen molar-refractivity contribution in [3.05, 3.63) is 35.9 Å². The normalized spacial score (nSPS) is 26.3. The van der Waals surface area contributed by atoms with E-state index >= 15 is 0 Å². The Balaban J connectivity index is 1.56. The smallest absolute Gasteiger partial charge is 0.275 e. The molecule has 2 saturated heterocycles. The molecular weight excluding hydrogens is 350 g/mol. The van der Waals surface area contributed by atoms with Crippen molar-refractivity contribution in [2.45, 2.75) is 32.3 Å². The van der Waals surface area contributed by atoms with Crippen molar-refractivity contribution in [3.63, 3.8) is 0 Å². The van der Waals surface area contributed by atoms with Gasteiger partial charge >= 0.3 is 0 Å². The molecule has 2 aliphatic rings. The molecule has 0 aliphatic carbocycles. The standard InChI is InChI=1S/C18H23N5O2S/c1-13-16(21-26-20-13)17(25)23-9-2-6-18(12-23)11-22(10-5-15(18)24)14-3-7-19-8-4-14/h3-4,7-8,15,24H,2,5-6,9-12H2,1H3/t15-,18-/m1/s1. The number of hydrogen-bond donors (Lipinski definition) is 1. The van der Waals surface area contributed by atoms with Gasteiger partial charge in [0, 0.05) is 49.7 Å². The minimum absolute atomic E-state index is 0.0661. The van der Waals surface area contributed by atoms with E-state index in [9.17, 15) is 9.90 Å². The second-order valence-corrected chi connectivity index (χ2v) is 7.85. The first-order valence-corrected chi connectivity index (χ1v) is 9.74. The summed E-state index contributed by atoms with van der Waals surface area (Å²) < 4.78 is 8.29. The van der Waals surface area contributed by atoms with Gasteiger partial charge in [0.2, 0.25) is 0 Å². The number of aliphatic hydroxyl groups excluding tert-OH is 1. The summed E-state index contributed by atoms with van der Waals surface area (Å²) in [7, 11) is 0. The van der Waals surface area contributed by atoms with Crippen LogP contribution in [-0.2, 0) is 0 Å². The van der Waals surface area contributed by atoms with Crippen LogP contribution in [0.2, 0.25) is 0 Å². The highest BCUT2D eigenvalue weighted by Gasteiger charge is 2.46. The van der Waals surface area contributed by atoms with Gasteiger partial charge in [0.05, 0.1) is 23.5 Å². The number of likely N-dealkylation sites (tertiary alicyclic amines) is 1. The lowest BCUT2D eigenvalue weighted by Crippen LogP contribution is -2.60. The molecule has 1 amide bonds. The van der Waals surface area contributed by atoms with Crippen LogP contribution in [0.15, 0.2) is 24.5 Å². The predicted molar refractivity (Wildman–Crippen MR) is 99.3 cm³/mol. The number of amides is 1. The number of carbonyl (C=O) groups excluding carboxylic acids is 1. The highest BCUT2D eigenvalue weighted by molar-refractivity contribution is 6.99. The first-order valence-electron chi connectivity index (χ1n) is 9.00. The van der Waals surface area contributed by atoms with E-state index in [4.69, 9.17) is 0 Å². The van der Waals surface area contributed by atoms with Gasteiger partial charge in [0.15, 0.2) is 5.69 Å². The number of carbonyl (C=O) groups is 1. The molecule has 2 aromatic rings. The molecule has 0 aromatic carbocycles. The number of aryl methyl sites for hydroxylation is 1. The van der Waals surface area contributed by atoms with Gasteiger partial charge in [-0.3, -0.25) is 9.78 Å². The van der Waals surface area contributed by atoms with E-state index in [0.717, 1.165) is 43.3 Å². The fourth-order valence-corrected chi connectivity index (χ4v) is 4.78. The molecule has 0 bridgehead atoms. The highest BCUT2D eigenvalue weighted by atomic mass is 32.1. The molecule has 2 fully saturated rings. The van der Waals surface area contributed by atoms with E-state index in [0.29, 0.717) is 30.9 Å². The van der Waals surface area contributed by atoms with Gasteiger partial charge < -0.3 is 14.9 Å². The predicted octanol–water partition coefficient (Wildman–Crippen LogP) is 1.74. The fraction of sp³-hybridized carbons (Fsp3) is 0.556. The molecule has 4 heterocycles. The third-order valence-electron chi connectivity index (χ3n) is 5.66. The summed E-state index contributed by atoms with van der Waals surface area (Å²) in [6.07, 6.45) is 5.72. The second kappa shape index (κ2) is 6.92. The summed E-state index contributed by atoms with van der Waals surface area (Å²) in [5, 5.41) is 10.8. The van der Waals surface area contributed by atoms with Gasteiger partial charge in [-0.15, -0.1) is 0 Å². The fourth-order valence-electron chi connectivity index (χ4n) is 4.23. The van der Waals surface area contributed by atoms with Gasteiger partial charge in [0.25, 0.3) is 5.91 Å². The minimum Gasteiger partial charge on any atom is -0.392 e. The largest absolute Gasteiger partial charge is 0.392 e. The lowest BCUT2D eigenvalue weighted by Gasteiger charge is -2.51. The Morgan fingerprint density at radius 2 is 2.08 bits per heavy atom. The van der Waals surface area contributed by atoms with Gasteiger partial charge in [-0.1, -0.05) is 0 Å². The number of rotatable bonds is 2. The van der Waals surface area contributed by atoms with Crippen molar-refractivity contribution in [1.29, 1.82) is 0 Å². The average Bonchev–Trinajstić information content (AvgIpc) is 3.10. The third kappa shape index (κ3) is 3.07. The molecule has 2 aliphatic heterocycles. The van der Waals surface area contributed by atoms with Gasteiger partial charge in [-0.2, -0.15) is 8.75 Å². The summed E-state index contributed by atoms with van der Waals surface area (Å²) >= 11 is 1.07. The molecular formula is C18H23N5O2S. The summed E-state index contributed by atoms with van der Waals surface area (Å²) in [6.45, 7) is 4.65. The molecule has 2 atom stereocenters. The Bertz CT molecular complexity index is 783. The van der Waals surface area contributed by atoms with E-state index in [2.05, 4.69) is 18.6 Å². The van der Waals surface area contributed by atoms with E-state index in [1.54, 1.807) is 12.4 Å². The van der Waals surface area contributed by atoms with Crippen molar-refractivity contribution in [2.24, 2.45) is 5.41 Å². The molecule has 4 rings (SSSR count). The van der Waals surface area contributed by atoms with Crippen LogP contribution in [0.3, 0.4) is 0 Å². The zero-order chi connectivity index (χ0) is 18.1. The van der Waals surface area contributed by atoms with Crippen molar-refractivity contribution in [3.8, 4) is 0 Å². The number of hydrogen-bond acceptors (Lipinski definition) is 7. The van der Waals surface area contributed by atoms with Gasteiger partial charge in [-0.05, 0) is 38.3 Å². The SMILES string of the molecule is Cc1nsnc1C(=O)N1CCC[C@]2(C1)CN(c1ccncc1)CC[C@H]2O. The highest BCUT2D eigenvalue weighted by Crippen LogP contribution is 2.40. The Hall–Kier alpha value is -2.06. The van der Waals surface area contributed by atoms with Gasteiger partial charge in [0.1, 0.15) is 0 Å². The Morgan fingerprint density at radius 1 is 1.27 bits per heavy atom. The maximum Gasteiger partial charge on any atom is 0.275 e. The van der Waals surface area contributed by atoms with E-state index in [-0.39, 0.29) is 11.3 Å². The molecule has 0 unspecified atom stereocenters. The minimum atomic E-state index is -0.397. The summed E-state index contributed by atoms with van der Waals surface area (Å²) in [4.78, 5) is 21.1. The van der Waals surface area contributed by atoms with Crippen molar-refractivity contribution in [1.82, 2.24) is 18.6 Å². The maximum absolute atomic E-state index is 12.9. The lowest BCUT2D eigenvalue weighted by atomic mass is 9.71. The van der Waals surface area contributed by atoms with Crippen LogP contribution in [0.25, 0.3) is 0 Å². The number of pyridine rings is 1. The van der Waals surface area contributed by atoms with Crippen LogP contribution in [0.5, 0.6) is 0 Å². The van der Waals surface area contributed by atoms with Gasteiger partial charge in [-0.25, -0.2) is 0 Å². The third-order valence-corrected chi connectivity index (χ3v) is 6.28. The van der Waals surface area contributed by atoms with Crippen LogP contribution >= 0.6 is 11.7 Å². The molecule has 138 valence electrons. The van der Waals surface area contributed by atoms with E-state index in [1.807, 2.05) is 24.0 Å². The zero-order valence-corrected chi connectivity index (χ0v) is 15.7. The molecule has 1 spiro atoms. The average molecular weight is 373 g/mol. The number of nitrogens with zero attached hydrogens (tertiary/aromatic N) is 5. The quantitative estimate of drug-likeness (QED) is 0.863. The topological polar surface area (TPSA) is 82.5 Å². The Morgan fingerprint density at radius 3 is 2.81 bits per heavy atom. The maximum atomic E-state index is 12.9. The number of aliphatic hydroxyl groups is 1. The summed E-state index contributed by atoms with van der Waals surface area (Å²) in [5.41, 5.74) is 1.95. The second-order valence-electron chi connectivity index (χ2n) is 7.32. The van der Waals surface area contributed by atoms with Crippen molar-refractivity contribution >= 4 is 23.3 Å². The summed E-state index contributed by atoms with van der Waals surface area (Å²) in [5.74, 6) is -0.0661. The Labute approximate surface area is 157 Å². The molecule has 0 radical (unpaired) electrons. The Kier molecular flexibility index (Phi) is 4.62. The van der Waals surface area contributed by atoms with Crippen LogP contribution in [-0.4, -0.2) is 61.9 Å². The molecule has 7 nitrogen and oxygen atoms in total. The molecule has 26 heavy (non-hydrogen) atoms. The van der Waals surface area contributed by atoms with Crippen LogP contribution in [0, 0.1) is 12.3 Å². The molecule has 2 aromatic heterocycles. The lowest BCUT2D eigenvalue weighted by molar-refractivity contribution is -0.0362. The van der Waals surface area contributed by atoms with Crippen LogP contribution in [0.4, 0.5) is 5.69 Å². The number of piperidine rings is 2. The monoisotopic (exact) mass is 373 g/mol. The van der Waals surface area contributed by atoms with Crippen molar-refractivity contribution < 1.29 is 9.90 Å². The van der Waals surface area contributed by atoms with Crippen LogP contribution < -0.4 is 4.90 Å². The first kappa shape index (κ1) is 17.4. The summed E-state index contributed by atoms with van der Waals surface area (Å²) in [6, 6.07) is 4.00. The van der Waals surface area contributed by atoms with E-state index in [1.165, 1.54) is 0 Å².